The number of aromatic nitrogens is 3. The van der Waals surface area contributed by atoms with E-state index >= 15 is 0 Å². The van der Waals surface area contributed by atoms with Crippen molar-refractivity contribution >= 4 is 12.3 Å². The summed E-state index contributed by atoms with van der Waals surface area (Å²) in [6.45, 7) is 2.10. The molecule has 1 N–H and O–H groups in total. The number of ether oxygens (including phenoxy) is 1. The number of hydrogen-bond donors (Lipinski definition) is 1. The Kier molecular flexibility index (Phi) is 4.92. The Bertz CT molecular complexity index is 674. The third kappa shape index (κ3) is 3.33. The molecule has 0 saturated heterocycles. The Morgan fingerprint density at radius 1 is 1.55 bits per heavy atom. The molecule has 0 bridgehead atoms. The minimum Gasteiger partial charge on any atom is -0.477 e. The van der Waals surface area contributed by atoms with Gasteiger partial charge in [-0.1, -0.05) is 18.5 Å². The molecule has 0 unspecified atom stereocenters. The van der Waals surface area contributed by atoms with Crippen LogP contribution < -0.4 is 4.74 Å². The molecule has 0 aliphatic heterocycles. The fraction of sp³-hybridized carbons (Fsp3) is 0.429. The van der Waals surface area contributed by atoms with Gasteiger partial charge in [0.2, 0.25) is 11.6 Å². The van der Waals surface area contributed by atoms with Crippen molar-refractivity contribution in [2.75, 3.05) is 0 Å². The average Bonchev–Trinajstić information content (AvgIpc) is 3.05. The number of carbonyl (C=O) groups excluding carboxylic acids is 1. The Hall–Kier alpha value is -2.64. The fourth-order valence-corrected chi connectivity index (χ4v) is 2.00. The molecule has 8 heteroatoms. The van der Waals surface area contributed by atoms with Crippen LogP contribution in [0.3, 0.4) is 0 Å². The maximum atomic E-state index is 11.0. The highest BCUT2D eigenvalue weighted by atomic mass is 16.5. The second kappa shape index (κ2) is 6.88. The minimum absolute atomic E-state index is 0.0159. The summed E-state index contributed by atoms with van der Waals surface area (Å²) in [5.41, 5.74) is 1.27. The Morgan fingerprint density at radius 2 is 2.32 bits per heavy atom. The molecule has 0 radical (unpaired) electrons. The van der Waals surface area contributed by atoms with Gasteiger partial charge in [0.25, 0.3) is 0 Å². The Labute approximate surface area is 126 Å². The number of carboxylic acid groups (broad SMARTS) is 1. The van der Waals surface area contributed by atoms with Crippen molar-refractivity contribution in [1.82, 2.24) is 14.9 Å². The number of aromatic carboxylic acids is 1. The van der Waals surface area contributed by atoms with E-state index in [2.05, 4.69) is 17.2 Å². The van der Waals surface area contributed by atoms with Crippen molar-refractivity contribution < 1.29 is 24.0 Å². The van der Waals surface area contributed by atoms with Crippen molar-refractivity contribution in [2.45, 2.75) is 32.8 Å². The van der Waals surface area contributed by atoms with Gasteiger partial charge < -0.3 is 14.4 Å². The maximum absolute atomic E-state index is 11.0. The van der Waals surface area contributed by atoms with Gasteiger partial charge in [-0.2, -0.15) is 0 Å². The standard InChI is InChI=1S/C14H17N3O5/c1-3-4-5-10-9(12(7-18)22-16-10)8-21-13-6-11(14(19)20)17(2)15-13/h6-7H,3-5,8H2,1-2H3,(H,19,20). The summed E-state index contributed by atoms with van der Waals surface area (Å²) < 4.78 is 11.7. The second-order valence-electron chi connectivity index (χ2n) is 4.78. The third-order valence-electron chi connectivity index (χ3n) is 3.22. The zero-order valence-corrected chi connectivity index (χ0v) is 12.4. The van der Waals surface area contributed by atoms with Gasteiger partial charge in [0.1, 0.15) is 12.3 Å². The van der Waals surface area contributed by atoms with Gasteiger partial charge in [-0.15, -0.1) is 5.10 Å². The zero-order chi connectivity index (χ0) is 16.1. The van der Waals surface area contributed by atoms with Crippen LogP contribution in [-0.2, 0) is 20.1 Å². The van der Waals surface area contributed by atoms with Crippen LogP contribution in [-0.4, -0.2) is 32.3 Å². The fourth-order valence-electron chi connectivity index (χ4n) is 2.00. The highest BCUT2D eigenvalue weighted by Crippen LogP contribution is 2.19. The predicted molar refractivity (Wildman–Crippen MR) is 75.0 cm³/mol. The monoisotopic (exact) mass is 307 g/mol. The van der Waals surface area contributed by atoms with Gasteiger partial charge >= 0.3 is 5.97 Å². The number of aryl methyl sites for hydroxylation is 2. The zero-order valence-electron chi connectivity index (χ0n) is 12.4. The van der Waals surface area contributed by atoms with Crippen LogP contribution in [0.1, 0.15) is 52.1 Å². The summed E-state index contributed by atoms with van der Waals surface area (Å²) in [7, 11) is 1.51. The molecular weight excluding hydrogens is 290 g/mol. The highest BCUT2D eigenvalue weighted by Gasteiger charge is 2.18. The molecule has 0 aliphatic carbocycles. The van der Waals surface area contributed by atoms with Crippen LogP contribution in [0.2, 0.25) is 0 Å². The van der Waals surface area contributed by atoms with E-state index in [9.17, 15) is 9.59 Å². The molecule has 0 saturated carbocycles. The number of hydrogen-bond acceptors (Lipinski definition) is 6. The van der Waals surface area contributed by atoms with Crippen molar-refractivity contribution in [3.63, 3.8) is 0 Å². The first-order valence-electron chi connectivity index (χ1n) is 6.89. The molecule has 2 aromatic rings. The summed E-state index contributed by atoms with van der Waals surface area (Å²) in [5.74, 6) is -0.799. The molecule has 0 atom stereocenters. The molecule has 2 heterocycles. The molecule has 2 rings (SSSR count). The van der Waals surface area contributed by atoms with Crippen molar-refractivity contribution in [3.05, 3.63) is 28.8 Å². The van der Waals surface area contributed by atoms with Crippen LogP contribution in [0.5, 0.6) is 5.88 Å². The smallest absolute Gasteiger partial charge is 0.354 e. The number of carbonyl (C=O) groups is 2. The van der Waals surface area contributed by atoms with Gasteiger partial charge in [-0.25, -0.2) is 4.79 Å². The molecule has 0 fully saturated rings. The summed E-state index contributed by atoms with van der Waals surface area (Å²) in [4.78, 5) is 21.9. The Morgan fingerprint density at radius 3 is 2.91 bits per heavy atom. The lowest BCUT2D eigenvalue weighted by molar-refractivity contribution is 0.0685. The quantitative estimate of drug-likeness (QED) is 0.741. The van der Waals surface area contributed by atoms with Crippen LogP contribution in [0.4, 0.5) is 0 Å². The molecule has 2 aromatic heterocycles. The molecule has 22 heavy (non-hydrogen) atoms. The van der Waals surface area contributed by atoms with E-state index in [0.29, 0.717) is 24.0 Å². The van der Waals surface area contributed by atoms with Gasteiger partial charge in [-0.3, -0.25) is 9.48 Å². The second-order valence-corrected chi connectivity index (χ2v) is 4.78. The topological polar surface area (TPSA) is 107 Å². The number of rotatable bonds is 8. The third-order valence-corrected chi connectivity index (χ3v) is 3.22. The normalized spacial score (nSPS) is 10.6. The van der Waals surface area contributed by atoms with Gasteiger partial charge in [0, 0.05) is 13.1 Å². The van der Waals surface area contributed by atoms with E-state index in [0.717, 1.165) is 12.8 Å². The number of carboxylic acids is 1. The molecule has 8 nitrogen and oxygen atoms in total. The lowest BCUT2D eigenvalue weighted by Crippen LogP contribution is -2.05. The summed E-state index contributed by atoms with van der Waals surface area (Å²) in [6, 6.07) is 1.32. The van der Waals surface area contributed by atoms with E-state index in [4.69, 9.17) is 14.4 Å². The lowest BCUT2D eigenvalue weighted by Gasteiger charge is -2.03. The molecule has 118 valence electrons. The average molecular weight is 307 g/mol. The number of nitrogens with zero attached hydrogens (tertiary/aromatic N) is 3. The van der Waals surface area contributed by atoms with Gasteiger partial charge in [-0.05, 0) is 12.8 Å². The van der Waals surface area contributed by atoms with E-state index in [-0.39, 0.29) is 23.9 Å². The van der Waals surface area contributed by atoms with E-state index < -0.39 is 5.97 Å². The number of unbranched alkanes of at least 4 members (excludes halogenated alkanes) is 1. The SMILES string of the molecule is CCCCc1noc(C=O)c1COc1cc(C(=O)O)n(C)n1. The highest BCUT2D eigenvalue weighted by molar-refractivity contribution is 5.85. The molecule has 0 spiro atoms. The summed E-state index contributed by atoms with van der Waals surface area (Å²) in [6.07, 6.45) is 3.19. The largest absolute Gasteiger partial charge is 0.477 e. The minimum atomic E-state index is -1.09. The van der Waals surface area contributed by atoms with Crippen molar-refractivity contribution in [3.8, 4) is 5.88 Å². The van der Waals surface area contributed by atoms with Crippen LogP contribution >= 0.6 is 0 Å². The maximum Gasteiger partial charge on any atom is 0.354 e. The van der Waals surface area contributed by atoms with E-state index in [1.165, 1.54) is 17.8 Å². The summed E-state index contributed by atoms with van der Waals surface area (Å²) >= 11 is 0. The first-order valence-corrected chi connectivity index (χ1v) is 6.89. The molecule has 0 aromatic carbocycles. The first-order chi connectivity index (χ1) is 10.6. The molecule has 0 aliphatic rings. The van der Waals surface area contributed by atoms with Gasteiger partial charge in [0.05, 0.1) is 11.3 Å². The predicted octanol–water partition coefficient (Wildman–Crippen LogP) is 1.84. The molecular formula is C14H17N3O5. The van der Waals surface area contributed by atoms with Crippen molar-refractivity contribution in [1.29, 1.82) is 0 Å². The van der Waals surface area contributed by atoms with Crippen LogP contribution in [0, 0.1) is 0 Å². The van der Waals surface area contributed by atoms with Crippen LogP contribution in [0.15, 0.2) is 10.6 Å². The van der Waals surface area contributed by atoms with Crippen molar-refractivity contribution in [2.24, 2.45) is 7.05 Å². The lowest BCUT2D eigenvalue weighted by atomic mass is 10.1. The molecule has 0 amide bonds. The Balaban J connectivity index is 2.13. The van der Waals surface area contributed by atoms with Crippen LogP contribution in [0.25, 0.3) is 0 Å². The van der Waals surface area contributed by atoms with E-state index in [1.54, 1.807) is 0 Å². The van der Waals surface area contributed by atoms with E-state index in [1.807, 2.05) is 0 Å². The van der Waals surface area contributed by atoms with Gasteiger partial charge in [0.15, 0.2) is 6.29 Å². The summed E-state index contributed by atoms with van der Waals surface area (Å²) in [5, 5.41) is 16.8. The first kappa shape index (κ1) is 15.7. The number of aldehydes is 1.